The quantitative estimate of drug-likeness (QED) is 0.839. The zero-order valence-electron chi connectivity index (χ0n) is 11.4. The van der Waals surface area contributed by atoms with Gasteiger partial charge < -0.3 is 15.8 Å². The molecule has 4 nitrogen and oxygen atoms in total. The van der Waals surface area contributed by atoms with E-state index in [9.17, 15) is 18.0 Å². The van der Waals surface area contributed by atoms with E-state index in [0.717, 1.165) is 0 Å². The average molecular weight is 300 g/mol. The molecule has 3 N–H and O–H groups in total. The fraction of sp³-hybridized carbons (Fsp3) is 0.357. The minimum Gasteiger partial charge on any atom is -0.495 e. The van der Waals surface area contributed by atoms with E-state index in [0.29, 0.717) is 11.3 Å². The molecule has 21 heavy (non-hydrogen) atoms. The van der Waals surface area contributed by atoms with Crippen LogP contribution in [-0.4, -0.2) is 25.7 Å². The number of hydrogen-bond donors (Lipinski definition) is 2. The molecule has 0 saturated heterocycles. The number of nitrogens with one attached hydrogen (secondary N) is 1. The first kappa shape index (κ1) is 16.9. The van der Waals surface area contributed by atoms with Gasteiger partial charge in [-0.25, -0.2) is 0 Å². The number of benzene rings is 1. The Balaban J connectivity index is 2.82. The fourth-order valence-electron chi connectivity index (χ4n) is 1.50. The van der Waals surface area contributed by atoms with Crippen LogP contribution >= 0.6 is 0 Å². The number of methoxy groups -OCH3 is 1. The molecule has 0 heterocycles. The highest BCUT2D eigenvalue weighted by atomic mass is 19.4. The van der Waals surface area contributed by atoms with E-state index in [1.165, 1.54) is 13.2 Å². The van der Waals surface area contributed by atoms with E-state index in [4.69, 9.17) is 10.5 Å². The van der Waals surface area contributed by atoms with Crippen LogP contribution in [0.25, 0.3) is 0 Å². The van der Waals surface area contributed by atoms with E-state index in [1.807, 2.05) is 0 Å². The molecule has 0 aromatic heterocycles. The van der Waals surface area contributed by atoms with Crippen molar-refractivity contribution in [3.63, 3.8) is 0 Å². The van der Waals surface area contributed by atoms with Gasteiger partial charge in [0.15, 0.2) is 0 Å². The Labute approximate surface area is 120 Å². The standard InChI is InChI=1S/C14H15F3N2O2/c1-21-12-5-4-10(3-2-8-18)9-11(12)19-13(20)6-7-14(15,16)17/h4-5,9H,6-8,18H2,1H3,(H,19,20). The monoisotopic (exact) mass is 300 g/mol. The number of nitrogens with two attached hydrogens (primary N) is 1. The van der Waals surface area contributed by atoms with Crippen LogP contribution in [0, 0.1) is 11.8 Å². The number of amides is 1. The lowest BCUT2D eigenvalue weighted by molar-refractivity contribution is -0.142. The van der Waals surface area contributed by atoms with Crippen molar-refractivity contribution in [2.45, 2.75) is 19.0 Å². The van der Waals surface area contributed by atoms with Crippen molar-refractivity contribution >= 4 is 11.6 Å². The van der Waals surface area contributed by atoms with Gasteiger partial charge in [0.25, 0.3) is 0 Å². The summed E-state index contributed by atoms with van der Waals surface area (Å²) in [6.45, 7) is 0.180. The van der Waals surface area contributed by atoms with Crippen molar-refractivity contribution < 1.29 is 22.7 Å². The van der Waals surface area contributed by atoms with Gasteiger partial charge in [0.1, 0.15) is 5.75 Å². The molecule has 0 unspecified atom stereocenters. The van der Waals surface area contributed by atoms with Crippen LogP contribution in [0.3, 0.4) is 0 Å². The number of halogens is 3. The molecule has 0 aliphatic rings. The lowest BCUT2D eigenvalue weighted by Gasteiger charge is -2.11. The topological polar surface area (TPSA) is 64.3 Å². The van der Waals surface area contributed by atoms with Gasteiger partial charge in [-0.15, -0.1) is 0 Å². The maximum absolute atomic E-state index is 12.1. The van der Waals surface area contributed by atoms with Gasteiger partial charge in [0.05, 0.1) is 25.8 Å². The zero-order valence-corrected chi connectivity index (χ0v) is 11.4. The second kappa shape index (κ2) is 7.55. The van der Waals surface area contributed by atoms with Gasteiger partial charge in [0.2, 0.25) is 5.91 Å². The number of carbonyl (C=O) groups excluding carboxylic acids is 1. The number of anilines is 1. The van der Waals surface area contributed by atoms with Crippen LogP contribution in [-0.2, 0) is 4.79 Å². The Morgan fingerprint density at radius 3 is 2.71 bits per heavy atom. The first-order chi connectivity index (χ1) is 9.85. The van der Waals surface area contributed by atoms with E-state index >= 15 is 0 Å². The summed E-state index contributed by atoms with van der Waals surface area (Å²) in [5.41, 5.74) is 6.10. The van der Waals surface area contributed by atoms with Crippen LogP contribution in [0.2, 0.25) is 0 Å². The number of rotatable bonds is 4. The zero-order chi connectivity index (χ0) is 15.9. The molecular weight excluding hydrogens is 285 g/mol. The van der Waals surface area contributed by atoms with E-state index < -0.39 is 24.9 Å². The maximum Gasteiger partial charge on any atom is 0.389 e. The van der Waals surface area contributed by atoms with Crippen molar-refractivity contribution in [1.29, 1.82) is 0 Å². The molecule has 0 fully saturated rings. The Bertz CT molecular complexity index is 560. The molecule has 0 radical (unpaired) electrons. The summed E-state index contributed by atoms with van der Waals surface area (Å²) < 4.78 is 41.2. The van der Waals surface area contributed by atoms with Crippen molar-refractivity contribution in [3.8, 4) is 17.6 Å². The van der Waals surface area contributed by atoms with Crippen molar-refractivity contribution in [2.75, 3.05) is 19.0 Å². The highest BCUT2D eigenvalue weighted by Gasteiger charge is 2.28. The minimum absolute atomic E-state index is 0.180. The number of hydrogen-bond acceptors (Lipinski definition) is 3. The van der Waals surface area contributed by atoms with Gasteiger partial charge in [-0.2, -0.15) is 13.2 Å². The molecule has 1 rings (SSSR count). The summed E-state index contributed by atoms with van der Waals surface area (Å²) in [6.07, 6.45) is -6.19. The van der Waals surface area contributed by atoms with Gasteiger partial charge in [-0.3, -0.25) is 4.79 Å². The molecule has 1 amide bonds. The van der Waals surface area contributed by atoms with Crippen LogP contribution in [0.4, 0.5) is 18.9 Å². The summed E-state index contributed by atoms with van der Waals surface area (Å²) >= 11 is 0. The van der Waals surface area contributed by atoms with Gasteiger partial charge in [-0.05, 0) is 18.2 Å². The summed E-state index contributed by atoms with van der Waals surface area (Å²) in [4.78, 5) is 11.5. The van der Waals surface area contributed by atoms with Crippen molar-refractivity contribution in [3.05, 3.63) is 23.8 Å². The maximum atomic E-state index is 12.1. The molecule has 0 aliphatic heterocycles. The third-order valence-electron chi connectivity index (χ3n) is 2.44. The first-order valence-corrected chi connectivity index (χ1v) is 6.09. The third-order valence-corrected chi connectivity index (χ3v) is 2.44. The Morgan fingerprint density at radius 1 is 1.43 bits per heavy atom. The molecule has 0 atom stereocenters. The van der Waals surface area contributed by atoms with E-state index in [1.54, 1.807) is 12.1 Å². The molecule has 0 aliphatic carbocycles. The number of ether oxygens (including phenoxy) is 1. The minimum atomic E-state index is -4.37. The molecule has 0 saturated carbocycles. The second-order valence-corrected chi connectivity index (χ2v) is 4.08. The predicted molar refractivity (Wildman–Crippen MR) is 72.8 cm³/mol. The number of carbonyl (C=O) groups is 1. The predicted octanol–water partition coefficient (Wildman–Crippen LogP) is 2.29. The normalized spacial score (nSPS) is 10.5. The summed E-state index contributed by atoms with van der Waals surface area (Å²) in [5.74, 6) is 5.01. The Hall–Kier alpha value is -2.20. The lowest BCUT2D eigenvalue weighted by atomic mass is 10.1. The molecule has 0 bridgehead atoms. The van der Waals surface area contributed by atoms with Gasteiger partial charge in [-0.1, -0.05) is 11.8 Å². The highest BCUT2D eigenvalue weighted by molar-refractivity contribution is 5.92. The van der Waals surface area contributed by atoms with E-state index in [-0.39, 0.29) is 12.2 Å². The Kier molecular flexibility index (Phi) is 6.06. The molecule has 1 aromatic rings. The van der Waals surface area contributed by atoms with Crippen molar-refractivity contribution in [1.82, 2.24) is 0 Å². The first-order valence-electron chi connectivity index (χ1n) is 6.09. The SMILES string of the molecule is COc1ccc(C#CCN)cc1NC(=O)CCC(F)(F)F. The van der Waals surface area contributed by atoms with E-state index in [2.05, 4.69) is 17.2 Å². The molecule has 0 spiro atoms. The molecule has 1 aromatic carbocycles. The highest BCUT2D eigenvalue weighted by Crippen LogP contribution is 2.26. The van der Waals surface area contributed by atoms with Crippen molar-refractivity contribution in [2.24, 2.45) is 5.73 Å². The molecule has 114 valence electrons. The van der Waals surface area contributed by atoms with Crippen LogP contribution in [0.1, 0.15) is 18.4 Å². The summed E-state index contributed by atoms with van der Waals surface area (Å²) in [6, 6.07) is 4.75. The fourth-order valence-corrected chi connectivity index (χ4v) is 1.50. The number of alkyl halides is 3. The Morgan fingerprint density at radius 2 is 2.14 bits per heavy atom. The summed E-state index contributed by atoms with van der Waals surface area (Å²) in [7, 11) is 1.39. The lowest BCUT2D eigenvalue weighted by Crippen LogP contribution is -2.17. The molecule has 7 heteroatoms. The van der Waals surface area contributed by atoms with Crippen LogP contribution in [0.5, 0.6) is 5.75 Å². The third kappa shape index (κ3) is 6.19. The molecular formula is C14H15F3N2O2. The van der Waals surface area contributed by atoms with Gasteiger partial charge in [0, 0.05) is 12.0 Å². The van der Waals surface area contributed by atoms with Crippen LogP contribution < -0.4 is 15.8 Å². The smallest absolute Gasteiger partial charge is 0.389 e. The largest absolute Gasteiger partial charge is 0.495 e. The summed E-state index contributed by atoms with van der Waals surface area (Å²) in [5, 5.41) is 2.39. The second-order valence-electron chi connectivity index (χ2n) is 4.08. The van der Waals surface area contributed by atoms with Crippen LogP contribution in [0.15, 0.2) is 18.2 Å². The van der Waals surface area contributed by atoms with Gasteiger partial charge >= 0.3 is 6.18 Å². The average Bonchev–Trinajstić information content (AvgIpc) is 2.42.